The van der Waals surface area contributed by atoms with Crippen LogP contribution in [0.1, 0.15) is 40.6 Å². The van der Waals surface area contributed by atoms with Crippen LogP contribution in [0.25, 0.3) is 10.2 Å². The van der Waals surface area contributed by atoms with Crippen molar-refractivity contribution in [1.29, 1.82) is 0 Å². The van der Waals surface area contributed by atoms with Gasteiger partial charge in [-0.05, 0) is 62.4 Å². The van der Waals surface area contributed by atoms with Crippen molar-refractivity contribution in [3.63, 3.8) is 0 Å². The van der Waals surface area contributed by atoms with Crippen molar-refractivity contribution < 1.29 is 9.59 Å². The Kier molecular flexibility index (Phi) is 5.56. The molecule has 0 fully saturated rings. The molecule has 0 saturated carbocycles. The lowest BCUT2D eigenvalue weighted by Gasteiger charge is -2.11. The number of ketones is 1. The summed E-state index contributed by atoms with van der Waals surface area (Å²) in [6.07, 6.45) is 4.25. The number of thiophene rings is 1. The van der Waals surface area contributed by atoms with Crippen LogP contribution in [0.15, 0.2) is 34.2 Å². The number of nitrogens with zero attached hydrogens (tertiary/aromatic N) is 2. The Hall–Kier alpha value is -2.45. The second-order valence-electron chi connectivity index (χ2n) is 7.12. The first-order chi connectivity index (χ1) is 13.9. The van der Waals surface area contributed by atoms with E-state index in [1.807, 2.05) is 0 Å². The van der Waals surface area contributed by atoms with Gasteiger partial charge in [0.05, 0.1) is 11.1 Å². The summed E-state index contributed by atoms with van der Waals surface area (Å²) in [4.78, 5) is 43.3. The third kappa shape index (κ3) is 4.00. The molecule has 1 amide bonds. The molecule has 0 spiro atoms. The first-order valence-corrected chi connectivity index (χ1v) is 11.3. The van der Waals surface area contributed by atoms with Gasteiger partial charge in [0.2, 0.25) is 5.91 Å². The number of fused-ring (bicyclic) bond motifs is 3. The van der Waals surface area contributed by atoms with Crippen LogP contribution in [0.2, 0.25) is 0 Å². The maximum absolute atomic E-state index is 12.9. The highest BCUT2D eigenvalue weighted by atomic mass is 32.2. The summed E-state index contributed by atoms with van der Waals surface area (Å²) in [6.45, 7) is 1.50. The Morgan fingerprint density at radius 2 is 1.93 bits per heavy atom. The molecule has 150 valence electrons. The van der Waals surface area contributed by atoms with Gasteiger partial charge in [0.15, 0.2) is 10.9 Å². The second kappa shape index (κ2) is 8.12. The van der Waals surface area contributed by atoms with Crippen molar-refractivity contribution in [3.8, 4) is 0 Å². The largest absolute Gasteiger partial charge is 0.325 e. The number of hydrogen-bond acceptors (Lipinski definition) is 6. The highest BCUT2D eigenvalue weighted by molar-refractivity contribution is 7.99. The molecule has 0 atom stereocenters. The number of nitrogens with one attached hydrogen (secondary N) is 1. The molecular weight excluding hydrogens is 406 g/mol. The topological polar surface area (TPSA) is 81.1 Å². The van der Waals surface area contributed by atoms with Crippen molar-refractivity contribution in [1.82, 2.24) is 9.55 Å². The molecule has 2 aromatic heterocycles. The molecule has 0 saturated heterocycles. The molecule has 6 nitrogen and oxygen atoms in total. The van der Waals surface area contributed by atoms with E-state index < -0.39 is 0 Å². The van der Waals surface area contributed by atoms with Crippen LogP contribution < -0.4 is 10.9 Å². The van der Waals surface area contributed by atoms with Crippen LogP contribution >= 0.6 is 23.1 Å². The van der Waals surface area contributed by atoms with Gasteiger partial charge in [-0.25, -0.2) is 4.98 Å². The van der Waals surface area contributed by atoms with Crippen LogP contribution in [-0.4, -0.2) is 27.0 Å². The summed E-state index contributed by atoms with van der Waals surface area (Å²) in [5.74, 6) is -0.0628. The zero-order chi connectivity index (χ0) is 20.5. The average molecular weight is 428 g/mol. The molecule has 4 rings (SSSR count). The normalized spacial score (nSPS) is 13.3. The van der Waals surface area contributed by atoms with Gasteiger partial charge >= 0.3 is 0 Å². The minimum absolute atomic E-state index is 0.0175. The number of anilines is 1. The van der Waals surface area contributed by atoms with E-state index in [4.69, 9.17) is 0 Å². The third-order valence-electron chi connectivity index (χ3n) is 5.06. The lowest BCUT2D eigenvalue weighted by atomic mass is 9.97. The summed E-state index contributed by atoms with van der Waals surface area (Å²) in [7, 11) is 1.71. The van der Waals surface area contributed by atoms with Crippen molar-refractivity contribution >= 4 is 50.7 Å². The quantitative estimate of drug-likeness (QED) is 0.380. The van der Waals surface area contributed by atoms with Gasteiger partial charge in [-0.15, -0.1) is 11.3 Å². The highest BCUT2D eigenvalue weighted by Gasteiger charge is 2.21. The standard InChI is InChI=1S/C21H21N3O3S2/c1-12(25)13-7-9-14(10-8-13)22-17(26)11-28-21-23-19-18(20(27)24(21)2)15-5-3-4-6-16(15)29-19/h7-10H,3-6,11H2,1-2H3,(H,22,26). The Labute approximate surface area is 176 Å². The number of Topliss-reactive ketones (excluding diaryl/α,β-unsaturated/α-hetero) is 1. The highest BCUT2D eigenvalue weighted by Crippen LogP contribution is 2.34. The molecule has 0 radical (unpaired) electrons. The maximum Gasteiger partial charge on any atom is 0.262 e. The molecule has 29 heavy (non-hydrogen) atoms. The number of benzene rings is 1. The van der Waals surface area contributed by atoms with E-state index in [9.17, 15) is 14.4 Å². The van der Waals surface area contributed by atoms with Crippen molar-refractivity contribution in [2.45, 2.75) is 37.8 Å². The fourth-order valence-corrected chi connectivity index (χ4v) is 5.59. The van der Waals surface area contributed by atoms with Gasteiger partial charge in [-0.2, -0.15) is 0 Å². The molecule has 1 N–H and O–H groups in total. The fraction of sp³-hybridized carbons (Fsp3) is 0.333. The van der Waals surface area contributed by atoms with E-state index in [0.717, 1.165) is 35.9 Å². The predicted molar refractivity (Wildman–Crippen MR) is 117 cm³/mol. The maximum atomic E-state index is 12.9. The second-order valence-corrected chi connectivity index (χ2v) is 9.15. The molecule has 0 unspecified atom stereocenters. The Morgan fingerprint density at radius 3 is 2.66 bits per heavy atom. The Morgan fingerprint density at radius 1 is 1.21 bits per heavy atom. The molecule has 1 aromatic carbocycles. The van der Waals surface area contributed by atoms with E-state index in [1.54, 1.807) is 47.2 Å². The number of thioether (sulfide) groups is 1. The smallest absolute Gasteiger partial charge is 0.262 e. The van der Waals surface area contributed by atoms with Crippen LogP contribution in [-0.2, 0) is 24.7 Å². The number of carbonyl (C=O) groups is 2. The van der Waals surface area contributed by atoms with E-state index in [-0.39, 0.29) is 23.0 Å². The molecule has 8 heteroatoms. The first-order valence-electron chi connectivity index (χ1n) is 9.49. The zero-order valence-electron chi connectivity index (χ0n) is 16.3. The average Bonchev–Trinajstić information content (AvgIpc) is 3.08. The number of amides is 1. The first kappa shape index (κ1) is 19.8. The third-order valence-corrected chi connectivity index (χ3v) is 7.28. The van der Waals surface area contributed by atoms with Gasteiger partial charge < -0.3 is 5.32 Å². The lowest BCUT2D eigenvalue weighted by Crippen LogP contribution is -2.22. The monoisotopic (exact) mass is 427 g/mol. The summed E-state index contributed by atoms with van der Waals surface area (Å²) >= 11 is 2.86. The predicted octanol–water partition coefficient (Wildman–Crippen LogP) is 3.81. The lowest BCUT2D eigenvalue weighted by molar-refractivity contribution is -0.113. The number of aromatic nitrogens is 2. The molecule has 0 bridgehead atoms. The molecule has 2 heterocycles. The molecule has 1 aliphatic carbocycles. The van der Waals surface area contributed by atoms with E-state index in [0.29, 0.717) is 16.4 Å². The van der Waals surface area contributed by atoms with Gasteiger partial charge in [0.25, 0.3) is 5.56 Å². The summed E-state index contributed by atoms with van der Waals surface area (Å²) < 4.78 is 1.55. The number of hydrogen-bond donors (Lipinski definition) is 1. The summed E-state index contributed by atoms with van der Waals surface area (Å²) in [5, 5.41) is 4.11. The minimum Gasteiger partial charge on any atom is -0.325 e. The van der Waals surface area contributed by atoms with Crippen LogP contribution in [0.3, 0.4) is 0 Å². The number of carbonyl (C=O) groups excluding carboxylic acids is 2. The zero-order valence-corrected chi connectivity index (χ0v) is 17.9. The summed E-state index contributed by atoms with van der Waals surface area (Å²) in [6, 6.07) is 6.77. The van der Waals surface area contributed by atoms with Crippen LogP contribution in [0.5, 0.6) is 0 Å². The van der Waals surface area contributed by atoms with E-state index in [2.05, 4.69) is 10.3 Å². The Bertz CT molecular complexity index is 1160. The van der Waals surface area contributed by atoms with Gasteiger partial charge in [0.1, 0.15) is 4.83 Å². The van der Waals surface area contributed by atoms with Crippen LogP contribution in [0, 0.1) is 0 Å². The van der Waals surface area contributed by atoms with Crippen molar-refractivity contribution in [2.24, 2.45) is 7.05 Å². The minimum atomic E-state index is -0.189. The number of aryl methyl sites for hydroxylation is 2. The molecule has 1 aliphatic rings. The van der Waals surface area contributed by atoms with Gasteiger partial charge in [-0.1, -0.05) is 11.8 Å². The van der Waals surface area contributed by atoms with E-state index in [1.165, 1.54) is 29.1 Å². The molecular formula is C21H21N3O3S2. The van der Waals surface area contributed by atoms with Crippen molar-refractivity contribution in [3.05, 3.63) is 50.6 Å². The van der Waals surface area contributed by atoms with Gasteiger partial charge in [0, 0.05) is 23.2 Å². The van der Waals surface area contributed by atoms with Crippen LogP contribution in [0.4, 0.5) is 5.69 Å². The molecule has 0 aliphatic heterocycles. The fourth-order valence-electron chi connectivity index (χ4n) is 3.51. The summed E-state index contributed by atoms with van der Waals surface area (Å²) in [5.41, 5.74) is 2.37. The van der Waals surface area contributed by atoms with E-state index >= 15 is 0 Å². The SMILES string of the molecule is CC(=O)c1ccc(NC(=O)CSc2nc3sc4c(c3c(=O)n2C)CCCC4)cc1. The number of rotatable bonds is 5. The van der Waals surface area contributed by atoms with Crippen molar-refractivity contribution in [2.75, 3.05) is 11.1 Å². The Balaban J connectivity index is 1.49. The molecule has 3 aromatic rings. The van der Waals surface area contributed by atoms with Gasteiger partial charge in [-0.3, -0.25) is 19.0 Å².